The predicted octanol–water partition coefficient (Wildman–Crippen LogP) is 0.681. The molecule has 4 nitrogen and oxygen atoms in total. The Labute approximate surface area is 104 Å². The molecule has 0 saturated carbocycles. The maximum absolute atomic E-state index is 12.0. The third kappa shape index (κ3) is 3.42. The molecule has 0 aromatic heterocycles. The summed E-state index contributed by atoms with van der Waals surface area (Å²) in [5, 5.41) is 3.45. The maximum Gasteiger partial charge on any atom is 0.236 e. The number of likely N-dealkylation sites (N-methyl/N-ethyl adjacent to an activating group) is 1. The van der Waals surface area contributed by atoms with Gasteiger partial charge in [-0.05, 0) is 46.2 Å². The van der Waals surface area contributed by atoms with Gasteiger partial charge in [0.25, 0.3) is 0 Å². The van der Waals surface area contributed by atoms with E-state index in [1.165, 1.54) is 12.8 Å². The second-order valence-electron chi connectivity index (χ2n) is 5.54. The summed E-state index contributed by atoms with van der Waals surface area (Å²) >= 11 is 0. The molecule has 0 spiro atoms. The lowest BCUT2D eigenvalue weighted by molar-refractivity contribution is -0.131. The smallest absolute Gasteiger partial charge is 0.236 e. The Kier molecular flexibility index (Phi) is 4.40. The van der Waals surface area contributed by atoms with E-state index in [1.54, 1.807) is 0 Å². The number of piperidine rings is 1. The lowest BCUT2D eigenvalue weighted by atomic mass is 9.99. The van der Waals surface area contributed by atoms with Crippen LogP contribution in [-0.4, -0.2) is 61.0 Å². The van der Waals surface area contributed by atoms with Crippen molar-refractivity contribution >= 4 is 5.91 Å². The summed E-state index contributed by atoms with van der Waals surface area (Å²) in [4.78, 5) is 16.3. The normalized spacial score (nSPS) is 29.9. The number of rotatable bonds is 3. The van der Waals surface area contributed by atoms with Crippen molar-refractivity contribution in [1.29, 1.82) is 0 Å². The molecule has 2 heterocycles. The molecule has 17 heavy (non-hydrogen) atoms. The van der Waals surface area contributed by atoms with Gasteiger partial charge in [-0.1, -0.05) is 0 Å². The first-order valence-corrected chi connectivity index (χ1v) is 6.88. The summed E-state index contributed by atoms with van der Waals surface area (Å²) in [5.41, 5.74) is 0. The van der Waals surface area contributed by atoms with E-state index in [0.717, 1.165) is 32.5 Å². The Bertz CT molecular complexity index is 263. The van der Waals surface area contributed by atoms with Gasteiger partial charge in [-0.25, -0.2) is 0 Å². The molecule has 2 aliphatic rings. The zero-order valence-corrected chi connectivity index (χ0v) is 11.1. The molecule has 2 saturated heterocycles. The minimum atomic E-state index is 0.316. The van der Waals surface area contributed by atoms with Crippen LogP contribution < -0.4 is 5.32 Å². The van der Waals surface area contributed by atoms with Crippen LogP contribution >= 0.6 is 0 Å². The number of hydrogen-bond donors (Lipinski definition) is 1. The SMILES string of the molecule is CC1CC(N(C)CC(=O)N2CCCC2)CCN1. The van der Waals surface area contributed by atoms with Gasteiger partial charge in [-0.2, -0.15) is 0 Å². The molecule has 2 atom stereocenters. The molecule has 98 valence electrons. The molecular weight excluding hydrogens is 214 g/mol. The number of amides is 1. The summed E-state index contributed by atoms with van der Waals surface area (Å²) in [6, 6.07) is 1.15. The zero-order valence-electron chi connectivity index (χ0n) is 11.1. The van der Waals surface area contributed by atoms with E-state index >= 15 is 0 Å². The number of nitrogens with zero attached hydrogens (tertiary/aromatic N) is 2. The maximum atomic E-state index is 12.0. The van der Waals surface area contributed by atoms with E-state index < -0.39 is 0 Å². The molecule has 4 heteroatoms. The number of carbonyl (C=O) groups excluding carboxylic acids is 1. The highest BCUT2D eigenvalue weighted by Gasteiger charge is 2.25. The Morgan fingerprint density at radius 3 is 2.76 bits per heavy atom. The molecule has 2 unspecified atom stereocenters. The lowest BCUT2D eigenvalue weighted by Crippen LogP contribution is -2.48. The predicted molar refractivity (Wildman–Crippen MR) is 68.9 cm³/mol. The van der Waals surface area contributed by atoms with Crippen LogP contribution in [0.3, 0.4) is 0 Å². The van der Waals surface area contributed by atoms with Crippen LogP contribution in [0.4, 0.5) is 0 Å². The van der Waals surface area contributed by atoms with E-state index in [2.05, 4.69) is 24.2 Å². The second-order valence-corrected chi connectivity index (χ2v) is 5.54. The highest BCUT2D eigenvalue weighted by Crippen LogP contribution is 2.15. The minimum absolute atomic E-state index is 0.316. The van der Waals surface area contributed by atoms with Gasteiger partial charge in [0.15, 0.2) is 0 Å². The molecule has 0 aliphatic carbocycles. The summed E-state index contributed by atoms with van der Waals surface area (Å²) < 4.78 is 0. The fourth-order valence-corrected chi connectivity index (χ4v) is 2.91. The molecular formula is C13H25N3O. The van der Waals surface area contributed by atoms with Crippen molar-refractivity contribution < 1.29 is 4.79 Å². The van der Waals surface area contributed by atoms with Gasteiger partial charge < -0.3 is 10.2 Å². The first kappa shape index (κ1) is 12.8. The summed E-state index contributed by atoms with van der Waals surface area (Å²) in [6.45, 7) is 5.83. The quantitative estimate of drug-likeness (QED) is 0.787. The van der Waals surface area contributed by atoms with Crippen LogP contribution in [0.2, 0.25) is 0 Å². The first-order chi connectivity index (χ1) is 8.16. The van der Waals surface area contributed by atoms with E-state index in [9.17, 15) is 4.79 Å². The van der Waals surface area contributed by atoms with Crippen LogP contribution in [-0.2, 0) is 4.79 Å². The van der Waals surface area contributed by atoms with E-state index in [4.69, 9.17) is 0 Å². The Balaban J connectivity index is 1.79. The molecule has 1 N–H and O–H groups in total. The van der Waals surface area contributed by atoms with Gasteiger partial charge in [0, 0.05) is 25.2 Å². The van der Waals surface area contributed by atoms with Crippen molar-refractivity contribution in [3.8, 4) is 0 Å². The van der Waals surface area contributed by atoms with Gasteiger partial charge in [0.2, 0.25) is 5.91 Å². The number of nitrogens with one attached hydrogen (secondary N) is 1. The average molecular weight is 239 g/mol. The number of carbonyl (C=O) groups is 1. The number of likely N-dealkylation sites (tertiary alicyclic amines) is 1. The van der Waals surface area contributed by atoms with E-state index in [0.29, 0.717) is 24.5 Å². The van der Waals surface area contributed by atoms with Gasteiger partial charge in [0.1, 0.15) is 0 Å². The zero-order chi connectivity index (χ0) is 12.3. The fourth-order valence-electron chi connectivity index (χ4n) is 2.91. The molecule has 1 amide bonds. The third-order valence-electron chi connectivity index (χ3n) is 4.06. The van der Waals surface area contributed by atoms with Gasteiger partial charge in [-0.15, -0.1) is 0 Å². The molecule has 0 aromatic carbocycles. The van der Waals surface area contributed by atoms with Crippen LogP contribution in [0, 0.1) is 0 Å². The molecule has 0 aromatic rings. The largest absolute Gasteiger partial charge is 0.342 e. The standard InChI is InChI=1S/C13H25N3O/c1-11-9-12(5-6-14-11)15(2)10-13(17)16-7-3-4-8-16/h11-12,14H,3-10H2,1-2H3. The van der Waals surface area contributed by atoms with Crippen molar-refractivity contribution in [2.24, 2.45) is 0 Å². The molecule has 2 aliphatic heterocycles. The van der Waals surface area contributed by atoms with Crippen molar-refractivity contribution in [1.82, 2.24) is 15.1 Å². The molecule has 2 fully saturated rings. The van der Waals surface area contributed by atoms with Gasteiger partial charge in [0.05, 0.1) is 6.54 Å². The van der Waals surface area contributed by atoms with Crippen molar-refractivity contribution in [3.63, 3.8) is 0 Å². The van der Waals surface area contributed by atoms with Crippen molar-refractivity contribution in [2.75, 3.05) is 33.2 Å². The topological polar surface area (TPSA) is 35.6 Å². The minimum Gasteiger partial charge on any atom is -0.342 e. The van der Waals surface area contributed by atoms with Crippen LogP contribution in [0.5, 0.6) is 0 Å². The molecule has 0 radical (unpaired) electrons. The summed E-state index contributed by atoms with van der Waals surface area (Å²) in [6.07, 6.45) is 4.68. The highest BCUT2D eigenvalue weighted by atomic mass is 16.2. The molecule has 0 bridgehead atoms. The first-order valence-electron chi connectivity index (χ1n) is 6.88. The summed E-state index contributed by atoms with van der Waals surface area (Å²) in [7, 11) is 2.09. The van der Waals surface area contributed by atoms with Crippen LogP contribution in [0.1, 0.15) is 32.6 Å². The Morgan fingerprint density at radius 2 is 2.12 bits per heavy atom. The van der Waals surface area contributed by atoms with Gasteiger partial charge >= 0.3 is 0 Å². The van der Waals surface area contributed by atoms with E-state index in [1.807, 2.05) is 4.90 Å². The molecule has 2 rings (SSSR count). The second kappa shape index (κ2) is 5.83. The highest BCUT2D eigenvalue weighted by molar-refractivity contribution is 5.78. The fraction of sp³-hybridized carbons (Fsp3) is 0.923. The van der Waals surface area contributed by atoms with Crippen LogP contribution in [0.15, 0.2) is 0 Å². The monoisotopic (exact) mass is 239 g/mol. The Hall–Kier alpha value is -0.610. The average Bonchev–Trinajstić information content (AvgIpc) is 2.82. The van der Waals surface area contributed by atoms with Crippen LogP contribution in [0.25, 0.3) is 0 Å². The number of hydrogen-bond acceptors (Lipinski definition) is 3. The van der Waals surface area contributed by atoms with Crippen molar-refractivity contribution in [3.05, 3.63) is 0 Å². The Morgan fingerprint density at radius 1 is 1.41 bits per heavy atom. The lowest BCUT2D eigenvalue weighted by Gasteiger charge is -2.35. The van der Waals surface area contributed by atoms with Gasteiger partial charge in [-0.3, -0.25) is 9.69 Å². The summed E-state index contributed by atoms with van der Waals surface area (Å²) in [5.74, 6) is 0.316. The third-order valence-corrected chi connectivity index (χ3v) is 4.06. The van der Waals surface area contributed by atoms with Crippen molar-refractivity contribution in [2.45, 2.75) is 44.7 Å². The van der Waals surface area contributed by atoms with E-state index in [-0.39, 0.29) is 0 Å².